The van der Waals surface area contributed by atoms with Crippen LogP contribution >= 0.6 is 0 Å². The Morgan fingerprint density at radius 2 is 1.48 bits per heavy atom. The van der Waals surface area contributed by atoms with E-state index in [-0.39, 0.29) is 29.2 Å². The standard InChI is InChI=1S/C22H26F2N2O/c1-25-12-10-20(27)22(14-25)11-13-26(15-22)21(16-2-6-18(23)7-3-16)17-4-8-19(24)9-5-17/h2-9,20-21,27H,10-15H2,1H3. The lowest BCUT2D eigenvalue weighted by Gasteiger charge is -2.43. The Hall–Kier alpha value is -1.82. The van der Waals surface area contributed by atoms with Gasteiger partial charge in [0.2, 0.25) is 0 Å². The van der Waals surface area contributed by atoms with E-state index in [4.69, 9.17) is 0 Å². The van der Waals surface area contributed by atoms with Gasteiger partial charge in [-0.1, -0.05) is 24.3 Å². The highest BCUT2D eigenvalue weighted by molar-refractivity contribution is 5.33. The molecule has 2 aromatic carbocycles. The number of hydrogen-bond acceptors (Lipinski definition) is 3. The van der Waals surface area contributed by atoms with Crippen LogP contribution in [0.3, 0.4) is 0 Å². The van der Waals surface area contributed by atoms with Gasteiger partial charge in [0.25, 0.3) is 0 Å². The smallest absolute Gasteiger partial charge is 0.123 e. The molecule has 0 bridgehead atoms. The summed E-state index contributed by atoms with van der Waals surface area (Å²) in [6.07, 6.45) is 1.42. The predicted molar refractivity (Wildman–Crippen MR) is 101 cm³/mol. The molecule has 2 fully saturated rings. The Morgan fingerprint density at radius 1 is 0.926 bits per heavy atom. The number of halogens is 2. The average Bonchev–Trinajstić information content (AvgIpc) is 3.06. The second-order valence-corrected chi connectivity index (χ2v) is 8.13. The predicted octanol–water partition coefficient (Wildman–Crippen LogP) is 3.44. The molecule has 0 radical (unpaired) electrons. The van der Waals surface area contributed by atoms with E-state index in [0.717, 1.165) is 50.1 Å². The highest BCUT2D eigenvalue weighted by Gasteiger charge is 2.48. The quantitative estimate of drug-likeness (QED) is 0.894. The first-order chi connectivity index (χ1) is 13.0. The second-order valence-electron chi connectivity index (χ2n) is 8.13. The Bertz CT molecular complexity index is 734. The summed E-state index contributed by atoms with van der Waals surface area (Å²) in [6, 6.07) is 13.0. The lowest BCUT2D eigenvalue weighted by Crippen LogP contribution is -2.52. The normalized spacial score (nSPS) is 26.9. The van der Waals surface area contributed by atoms with Crippen molar-refractivity contribution >= 4 is 0 Å². The molecule has 5 heteroatoms. The van der Waals surface area contributed by atoms with E-state index in [2.05, 4.69) is 16.8 Å². The third-order valence-corrected chi connectivity index (χ3v) is 6.23. The number of nitrogens with zero attached hydrogens (tertiary/aromatic N) is 2. The maximum absolute atomic E-state index is 13.5. The fourth-order valence-corrected chi connectivity index (χ4v) is 4.83. The van der Waals surface area contributed by atoms with Crippen molar-refractivity contribution in [1.82, 2.24) is 9.80 Å². The number of aliphatic hydroxyl groups is 1. The van der Waals surface area contributed by atoms with Crippen molar-refractivity contribution in [3.63, 3.8) is 0 Å². The van der Waals surface area contributed by atoms with Crippen molar-refractivity contribution in [1.29, 1.82) is 0 Å². The summed E-state index contributed by atoms with van der Waals surface area (Å²) < 4.78 is 26.9. The lowest BCUT2D eigenvalue weighted by atomic mass is 9.76. The van der Waals surface area contributed by atoms with Crippen molar-refractivity contribution in [2.24, 2.45) is 5.41 Å². The molecule has 2 heterocycles. The molecule has 27 heavy (non-hydrogen) atoms. The van der Waals surface area contributed by atoms with Crippen LogP contribution in [0.2, 0.25) is 0 Å². The summed E-state index contributed by atoms with van der Waals surface area (Å²) >= 11 is 0. The van der Waals surface area contributed by atoms with Gasteiger partial charge >= 0.3 is 0 Å². The highest BCUT2D eigenvalue weighted by atomic mass is 19.1. The van der Waals surface area contributed by atoms with Gasteiger partial charge in [-0.15, -0.1) is 0 Å². The van der Waals surface area contributed by atoms with Gasteiger partial charge in [-0.2, -0.15) is 0 Å². The number of likely N-dealkylation sites (tertiary alicyclic amines) is 2. The van der Waals surface area contributed by atoms with Crippen LogP contribution in [0.15, 0.2) is 48.5 Å². The number of hydrogen-bond donors (Lipinski definition) is 1. The molecule has 2 saturated heterocycles. The molecule has 0 aliphatic carbocycles. The first-order valence-electron chi connectivity index (χ1n) is 9.58. The van der Waals surface area contributed by atoms with Gasteiger partial charge in [0.1, 0.15) is 11.6 Å². The molecular weight excluding hydrogens is 346 g/mol. The van der Waals surface area contributed by atoms with Crippen LogP contribution in [0.1, 0.15) is 30.0 Å². The maximum Gasteiger partial charge on any atom is 0.123 e. The molecule has 2 aromatic rings. The van der Waals surface area contributed by atoms with E-state index < -0.39 is 0 Å². The van der Waals surface area contributed by atoms with E-state index in [9.17, 15) is 13.9 Å². The Balaban J connectivity index is 1.67. The van der Waals surface area contributed by atoms with E-state index in [1.54, 1.807) is 24.3 Å². The van der Waals surface area contributed by atoms with Crippen molar-refractivity contribution in [3.8, 4) is 0 Å². The van der Waals surface area contributed by atoms with E-state index in [0.29, 0.717) is 0 Å². The molecule has 2 atom stereocenters. The zero-order valence-electron chi connectivity index (χ0n) is 15.6. The zero-order chi connectivity index (χ0) is 19.0. The first-order valence-corrected chi connectivity index (χ1v) is 9.58. The van der Waals surface area contributed by atoms with E-state index in [1.165, 1.54) is 24.3 Å². The lowest BCUT2D eigenvalue weighted by molar-refractivity contribution is -0.0339. The summed E-state index contributed by atoms with van der Waals surface area (Å²) in [5.41, 5.74) is 1.84. The number of aliphatic hydroxyl groups excluding tert-OH is 1. The molecule has 1 spiro atoms. The van der Waals surface area contributed by atoms with Gasteiger partial charge in [0.05, 0.1) is 12.1 Å². The topological polar surface area (TPSA) is 26.7 Å². The van der Waals surface area contributed by atoms with E-state index in [1.807, 2.05) is 0 Å². The van der Waals surface area contributed by atoms with Crippen LogP contribution in [0.5, 0.6) is 0 Å². The second kappa shape index (κ2) is 7.30. The summed E-state index contributed by atoms with van der Waals surface area (Å²) in [5.74, 6) is -0.530. The molecule has 4 rings (SSSR count). The van der Waals surface area contributed by atoms with Crippen LogP contribution in [-0.4, -0.2) is 54.2 Å². The first kappa shape index (κ1) is 18.5. The van der Waals surface area contributed by atoms with Crippen LogP contribution < -0.4 is 0 Å². The minimum atomic E-state index is -0.305. The molecule has 2 unspecified atom stereocenters. The number of piperidine rings is 1. The Kier molecular flexibility index (Phi) is 5.01. The summed E-state index contributed by atoms with van der Waals surface area (Å²) in [5, 5.41) is 10.7. The molecule has 2 aliphatic rings. The largest absolute Gasteiger partial charge is 0.392 e. The molecule has 3 nitrogen and oxygen atoms in total. The van der Waals surface area contributed by atoms with Gasteiger partial charge in [0, 0.05) is 25.0 Å². The van der Waals surface area contributed by atoms with Gasteiger partial charge in [0.15, 0.2) is 0 Å². The monoisotopic (exact) mass is 372 g/mol. The molecule has 0 saturated carbocycles. The third kappa shape index (κ3) is 3.64. The molecule has 0 amide bonds. The van der Waals surface area contributed by atoms with E-state index >= 15 is 0 Å². The summed E-state index contributed by atoms with van der Waals surface area (Å²) in [4.78, 5) is 4.64. The zero-order valence-corrected chi connectivity index (χ0v) is 15.6. The number of benzene rings is 2. The van der Waals surface area contributed by atoms with Crippen molar-refractivity contribution in [3.05, 3.63) is 71.3 Å². The molecular formula is C22H26F2N2O. The van der Waals surface area contributed by atoms with Crippen LogP contribution in [-0.2, 0) is 0 Å². The van der Waals surface area contributed by atoms with Crippen LogP contribution in [0.4, 0.5) is 8.78 Å². The molecule has 144 valence electrons. The van der Waals surface area contributed by atoms with Gasteiger partial charge in [-0.25, -0.2) is 8.78 Å². The van der Waals surface area contributed by atoms with Gasteiger partial charge in [-0.3, -0.25) is 4.90 Å². The average molecular weight is 372 g/mol. The molecule has 0 aromatic heterocycles. The van der Waals surface area contributed by atoms with Gasteiger partial charge < -0.3 is 10.0 Å². The van der Waals surface area contributed by atoms with Crippen molar-refractivity contribution < 1.29 is 13.9 Å². The minimum absolute atomic E-state index is 0.0787. The SMILES string of the molecule is CN1CCC(O)C2(CCN(C(c3ccc(F)cc3)c3ccc(F)cc3)C2)C1. The maximum atomic E-state index is 13.5. The fourth-order valence-electron chi connectivity index (χ4n) is 4.83. The van der Waals surface area contributed by atoms with Crippen molar-refractivity contribution in [2.45, 2.75) is 25.0 Å². The Morgan fingerprint density at radius 3 is 2.04 bits per heavy atom. The van der Waals surface area contributed by atoms with Crippen LogP contribution in [0, 0.1) is 17.0 Å². The Labute approximate surface area is 159 Å². The summed E-state index contributed by atoms with van der Waals surface area (Å²) in [7, 11) is 2.10. The van der Waals surface area contributed by atoms with Crippen LogP contribution in [0.25, 0.3) is 0 Å². The molecule has 1 N–H and O–H groups in total. The fraction of sp³-hybridized carbons (Fsp3) is 0.455. The number of rotatable bonds is 3. The minimum Gasteiger partial charge on any atom is -0.392 e. The van der Waals surface area contributed by atoms with Gasteiger partial charge in [-0.05, 0) is 61.8 Å². The highest BCUT2D eigenvalue weighted by Crippen LogP contribution is 2.43. The third-order valence-electron chi connectivity index (χ3n) is 6.23. The van der Waals surface area contributed by atoms with Crippen molar-refractivity contribution in [2.75, 3.05) is 33.2 Å². The molecule has 2 aliphatic heterocycles. The summed E-state index contributed by atoms with van der Waals surface area (Å²) in [6.45, 7) is 3.43.